The lowest BCUT2D eigenvalue weighted by Crippen LogP contribution is -1.85. The predicted octanol–water partition coefficient (Wildman–Crippen LogP) is 4.96. The van der Waals surface area contributed by atoms with Gasteiger partial charge in [0.15, 0.2) is 6.29 Å². The van der Waals surface area contributed by atoms with Crippen molar-refractivity contribution < 1.29 is 4.79 Å². The van der Waals surface area contributed by atoms with E-state index >= 15 is 0 Å². The molecular formula is C13H8Cl2OS. The Balaban J connectivity index is 2.39. The van der Waals surface area contributed by atoms with Crippen LogP contribution in [0.3, 0.4) is 0 Å². The number of carbonyl (C=O) groups is 1. The van der Waals surface area contributed by atoms with Gasteiger partial charge in [0.25, 0.3) is 0 Å². The zero-order valence-corrected chi connectivity index (χ0v) is 11.0. The zero-order valence-electron chi connectivity index (χ0n) is 8.69. The van der Waals surface area contributed by atoms with E-state index in [1.54, 1.807) is 18.2 Å². The van der Waals surface area contributed by atoms with Crippen LogP contribution in [-0.2, 0) is 0 Å². The lowest BCUT2D eigenvalue weighted by molar-refractivity contribution is 0.112. The third kappa shape index (κ3) is 3.03. The van der Waals surface area contributed by atoms with Crippen LogP contribution in [0.15, 0.2) is 52.3 Å². The molecule has 0 radical (unpaired) electrons. The molecule has 0 aliphatic carbocycles. The molecule has 0 saturated heterocycles. The highest BCUT2D eigenvalue weighted by atomic mass is 35.5. The molecule has 0 bridgehead atoms. The molecule has 0 spiro atoms. The number of rotatable bonds is 3. The van der Waals surface area contributed by atoms with Crippen LogP contribution in [0.2, 0.25) is 10.0 Å². The first kappa shape index (κ1) is 12.5. The predicted molar refractivity (Wildman–Crippen MR) is 72.4 cm³/mol. The maximum absolute atomic E-state index is 10.9. The van der Waals surface area contributed by atoms with Crippen LogP contribution in [0.1, 0.15) is 10.4 Å². The van der Waals surface area contributed by atoms with Gasteiger partial charge < -0.3 is 0 Å². The highest BCUT2D eigenvalue weighted by Crippen LogP contribution is 2.35. The van der Waals surface area contributed by atoms with E-state index < -0.39 is 0 Å². The minimum atomic E-state index is 0.602. The summed E-state index contributed by atoms with van der Waals surface area (Å²) in [5.41, 5.74) is 0.610. The van der Waals surface area contributed by atoms with E-state index in [1.165, 1.54) is 11.8 Å². The molecule has 2 aromatic rings. The van der Waals surface area contributed by atoms with Gasteiger partial charge in [0.05, 0.1) is 5.02 Å². The van der Waals surface area contributed by atoms with Gasteiger partial charge in [0.2, 0.25) is 0 Å². The highest BCUT2D eigenvalue weighted by molar-refractivity contribution is 7.99. The van der Waals surface area contributed by atoms with Crippen LogP contribution < -0.4 is 0 Å². The Morgan fingerprint density at radius 2 is 1.76 bits per heavy atom. The normalized spacial score (nSPS) is 10.2. The molecule has 17 heavy (non-hydrogen) atoms. The second kappa shape index (κ2) is 5.58. The molecule has 0 atom stereocenters. The summed E-state index contributed by atoms with van der Waals surface area (Å²) in [6.07, 6.45) is 0.815. The van der Waals surface area contributed by atoms with Crippen LogP contribution in [0.5, 0.6) is 0 Å². The van der Waals surface area contributed by atoms with Crippen molar-refractivity contribution in [1.29, 1.82) is 0 Å². The average Bonchev–Trinajstić information content (AvgIpc) is 2.32. The van der Waals surface area contributed by atoms with E-state index in [0.29, 0.717) is 15.6 Å². The SMILES string of the molecule is O=Cc1ccc(Cl)cc1Sc1ccccc1Cl. The molecule has 4 heteroatoms. The van der Waals surface area contributed by atoms with Crippen molar-refractivity contribution in [3.63, 3.8) is 0 Å². The summed E-state index contributed by atoms with van der Waals surface area (Å²) in [4.78, 5) is 12.6. The van der Waals surface area contributed by atoms with Gasteiger partial charge >= 0.3 is 0 Å². The Hall–Kier alpha value is -0.960. The molecule has 0 fully saturated rings. The second-order valence-corrected chi connectivity index (χ2v) is 5.26. The lowest BCUT2D eigenvalue weighted by Gasteiger charge is -2.06. The van der Waals surface area contributed by atoms with Crippen LogP contribution in [-0.4, -0.2) is 6.29 Å². The zero-order chi connectivity index (χ0) is 12.3. The van der Waals surface area contributed by atoms with Crippen LogP contribution in [0.25, 0.3) is 0 Å². The van der Waals surface area contributed by atoms with Gasteiger partial charge in [-0.05, 0) is 30.3 Å². The summed E-state index contributed by atoms with van der Waals surface area (Å²) in [6.45, 7) is 0. The van der Waals surface area contributed by atoms with Crippen molar-refractivity contribution in [1.82, 2.24) is 0 Å². The fraction of sp³-hybridized carbons (Fsp3) is 0. The van der Waals surface area contributed by atoms with Crippen LogP contribution >= 0.6 is 35.0 Å². The molecule has 2 rings (SSSR count). The highest BCUT2D eigenvalue weighted by Gasteiger charge is 2.07. The number of benzene rings is 2. The van der Waals surface area contributed by atoms with Gasteiger partial charge in [-0.15, -0.1) is 0 Å². The molecule has 0 saturated carbocycles. The van der Waals surface area contributed by atoms with Crippen LogP contribution in [0, 0.1) is 0 Å². The van der Waals surface area contributed by atoms with E-state index in [0.717, 1.165) is 16.1 Å². The molecule has 0 aliphatic heterocycles. The summed E-state index contributed by atoms with van der Waals surface area (Å²) in [5, 5.41) is 1.26. The van der Waals surface area contributed by atoms with E-state index in [1.807, 2.05) is 24.3 Å². The van der Waals surface area contributed by atoms with Gasteiger partial charge in [-0.2, -0.15) is 0 Å². The minimum Gasteiger partial charge on any atom is -0.298 e. The van der Waals surface area contributed by atoms with Crippen molar-refractivity contribution in [2.45, 2.75) is 9.79 Å². The van der Waals surface area contributed by atoms with Gasteiger partial charge in [-0.3, -0.25) is 4.79 Å². The third-order valence-electron chi connectivity index (χ3n) is 2.16. The summed E-state index contributed by atoms with van der Waals surface area (Å²) >= 11 is 13.4. The smallest absolute Gasteiger partial charge is 0.151 e. The first-order valence-corrected chi connectivity index (χ1v) is 6.45. The van der Waals surface area contributed by atoms with E-state index in [4.69, 9.17) is 23.2 Å². The number of halogens is 2. The molecular weight excluding hydrogens is 275 g/mol. The van der Waals surface area contributed by atoms with Crippen molar-refractivity contribution in [2.24, 2.45) is 0 Å². The molecule has 2 aromatic carbocycles. The first-order valence-electron chi connectivity index (χ1n) is 4.88. The maximum Gasteiger partial charge on any atom is 0.151 e. The Kier molecular flexibility index (Phi) is 4.11. The molecule has 0 unspecified atom stereocenters. The molecule has 0 aromatic heterocycles. The number of carbonyl (C=O) groups excluding carboxylic acids is 1. The van der Waals surface area contributed by atoms with Gasteiger partial charge in [-0.1, -0.05) is 47.1 Å². The summed E-state index contributed by atoms with van der Waals surface area (Å²) in [6, 6.07) is 12.7. The Bertz CT molecular complexity index is 555. The van der Waals surface area contributed by atoms with Gasteiger partial charge in [-0.25, -0.2) is 0 Å². The topological polar surface area (TPSA) is 17.1 Å². The van der Waals surface area contributed by atoms with Crippen molar-refractivity contribution in [3.05, 3.63) is 58.1 Å². The molecule has 86 valence electrons. The molecule has 0 amide bonds. The summed E-state index contributed by atoms with van der Waals surface area (Å²) < 4.78 is 0. The molecule has 1 nitrogen and oxygen atoms in total. The fourth-order valence-electron chi connectivity index (χ4n) is 1.34. The maximum atomic E-state index is 10.9. The van der Waals surface area contributed by atoms with Crippen molar-refractivity contribution >= 4 is 41.2 Å². The average molecular weight is 283 g/mol. The van der Waals surface area contributed by atoms with E-state index in [9.17, 15) is 4.79 Å². The molecule has 0 heterocycles. The standard InChI is InChI=1S/C13H8Cl2OS/c14-10-6-5-9(8-16)13(7-10)17-12-4-2-1-3-11(12)15/h1-8H. The Morgan fingerprint density at radius 1 is 1.00 bits per heavy atom. The van der Waals surface area contributed by atoms with E-state index in [2.05, 4.69) is 0 Å². The summed E-state index contributed by atoms with van der Waals surface area (Å²) in [5.74, 6) is 0. The lowest BCUT2D eigenvalue weighted by atomic mass is 10.2. The van der Waals surface area contributed by atoms with Crippen molar-refractivity contribution in [2.75, 3.05) is 0 Å². The third-order valence-corrected chi connectivity index (χ3v) is 3.99. The quantitative estimate of drug-likeness (QED) is 0.741. The fourth-order valence-corrected chi connectivity index (χ4v) is 2.80. The second-order valence-electron chi connectivity index (χ2n) is 3.33. The Labute approximate surface area is 114 Å². The first-order chi connectivity index (χ1) is 8.20. The van der Waals surface area contributed by atoms with E-state index in [-0.39, 0.29) is 0 Å². The Morgan fingerprint density at radius 3 is 2.47 bits per heavy atom. The molecule has 0 aliphatic rings. The van der Waals surface area contributed by atoms with Gasteiger partial charge in [0, 0.05) is 20.4 Å². The monoisotopic (exact) mass is 282 g/mol. The number of hydrogen-bond donors (Lipinski definition) is 0. The number of hydrogen-bond acceptors (Lipinski definition) is 2. The van der Waals surface area contributed by atoms with Crippen molar-refractivity contribution in [3.8, 4) is 0 Å². The summed E-state index contributed by atoms with van der Waals surface area (Å²) in [7, 11) is 0. The molecule has 0 N–H and O–H groups in total. The largest absolute Gasteiger partial charge is 0.298 e. The number of aldehydes is 1. The minimum absolute atomic E-state index is 0.602. The van der Waals surface area contributed by atoms with Gasteiger partial charge in [0.1, 0.15) is 0 Å². The van der Waals surface area contributed by atoms with Crippen LogP contribution in [0.4, 0.5) is 0 Å².